The molecule has 3 rings (SSSR count). The third kappa shape index (κ3) is 4.91. The molecule has 0 saturated carbocycles. The maximum Gasteiger partial charge on any atom is 0.255 e. The summed E-state index contributed by atoms with van der Waals surface area (Å²) in [6, 6.07) is 9.62. The summed E-state index contributed by atoms with van der Waals surface area (Å²) in [4.78, 5) is 12.8. The van der Waals surface area contributed by atoms with E-state index in [-0.39, 0.29) is 16.2 Å². The molecule has 2 aromatic carbocycles. The van der Waals surface area contributed by atoms with Gasteiger partial charge in [0.15, 0.2) is 0 Å². The van der Waals surface area contributed by atoms with E-state index in [0.29, 0.717) is 23.8 Å². The van der Waals surface area contributed by atoms with E-state index in [9.17, 15) is 13.2 Å². The van der Waals surface area contributed by atoms with Crippen LogP contribution in [-0.2, 0) is 10.0 Å². The van der Waals surface area contributed by atoms with E-state index in [1.54, 1.807) is 24.3 Å². The second-order valence-corrected chi connectivity index (χ2v) is 9.44. The SMILES string of the molecule is COc1ccc(C(=O)Nc2ccc(Cl)cc2C)cc1S(=O)(=O)N1CCCCCC1. The standard InChI is InChI=1S/C21H25ClN2O4S/c1-15-13-17(22)8-9-18(15)23-21(25)16-7-10-19(28-2)20(14-16)29(26,27)24-11-5-3-4-6-12-24/h7-10,13-14H,3-6,11-12H2,1-2H3,(H,23,25). The van der Waals surface area contributed by atoms with Crippen molar-refractivity contribution in [2.75, 3.05) is 25.5 Å². The maximum absolute atomic E-state index is 13.2. The number of benzene rings is 2. The number of sulfonamides is 1. The Morgan fingerprint density at radius 1 is 1.07 bits per heavy atom. The van der Waals surface area contributed by atoms with E-state index in [2.05, 4.69) is 5.32 Å². The van der Waals surface area contributed by atoms with E-state index < -0.39 is 15.9 Å². The number of halogens is 1. The molecule has 2 aromatic rings. The van der Waals surface area contributed by atoms with Crippen LogP contribution in [-0.4, -0.2) is 38.8 Å². The van der Waals surface area contributed by atoms with Crippen LogP contribution < -0.4 is 10.1 Å². The van der Waals surface area contributed by atoms with Crippen molar-refractivity contribution in [1.29, 1.82) is 0 Å². The first-order valence-corrected chi connectivity index (χ1v) is 11.4. The molecule has 0 spiro atoms. The number of aryl methyl sites for hydroxylation is 1. The van der Waals surface area contributed by atoms with Gasteiger partial charge in [0.25, 0.3) is 5.91 Å². The summed E-state index contributed by atoms with van der Waals surface area (Å²) in [6.07, 6.45) is 3.70. The number of amides is 1. The predicted octanol–water partition coefficient (Wildman–Crippen LogP) is 4.47. The highest BCUT2D eigenvalue weighted by molar-refractivity contribution is 7.89. The molecule has 1 aliphatic rings. The van der Waals surface area contributed by atoms with Crippen LogP contribution in [0.4, 0.5) is 5.69 Å². The Hall–Kier alpha value is -2.09. The highest BCUT2D eigenvalue weighted by Crippen LogP contribution is 2.30. The van der Waals surface area contributed by atoms with Gasteiger partial charge < -0.3 is 10.1 Å². The maximum atomic E-state index is 13.2. The van der Waals surface area contributed by atoms with Gasteiger partial charge in [-0.1, -0.05) is 24.4 Å². The van der Waals surface area contributed by atoms with Gasteiger partial charge in [-0.25, -0.2) is 8.42 Å². The first-order chi connectivity index (χ1) is 13.8. The molecule has 1 fully saturated rings. The number of hydrogen-bond donors (Lipinski definition) is 1. The molecule has 1 aliphatic heterocycles. The smallest absolute Gasteiger partial charge is 0.255 e. The first-order valence-electron chi connectivity index (χ1n) is 9.58. The van der Waals surface area contributed by atoms with Gasteiger partial charge in [-0.2, -0.15) is 4.31 Å². The summed E-state index contributed by atoms with van der Waals surface area (Å²) in [5, 5.41) is 3.39. The minimum atomic E-state index is -3.76. The third-order valence-electron chi connectivity index (χ3n) is 5.05. The van der Waals surface area contributed by atoms with Crippen molar-refractivity contribution in [2.24, 2.45) is 0 Å². The van der Waals surface area contributed by atoms with Gasteiger partial charge in [0, 0.05) is 29.4 Å². The van der Waals surface area contributed by atoms with E-state index in [0.717, 1.165) is 31.2 Å². The molecule has 0 bridgehead atoms. The van der Waals surface area contributed by atoms with E-state index in [1.807, 2.05) is 6.92 Å². The van der Waals surface area contributed by atoms with Gasteiger partial charge in [0.2, 0.25) is 10.0 Å². The Morgan fingerprint density at radius 3 is 2.38 bits per heavy atom. The molecule has 6 nitrogen and oxygen atoms in total. The normalized spacial score (nSPS) is 15.6. The van der Waals surface area contributed by atoms with Crippen LogP contribution in [0, 0.1) is 6.92 Å². The number of nitrogens with zero attached hydrogens (tertiary/aromatic N) is 1. The number of anilines is 1. The van der Waals surface area contributed by atoms with Gasteiger partial charge in [0.05, 0.1) is 7.11 Å². The third-order valence-corrected chi connectivity index (χ3v) is 7.20. The largest absolute Gasteiger partial charge is 0.495 e. The molecular weight excluding hydrogens is 412 g/mol. The molecule has 0 aliphatic carbocycles. The lowest BCUT2D eigenvalue weighted by Gasteiger charge is -2.21. The Morgan fingerprint density at radius 2 is 1.76 bits per heavy atom. The zero-order valence-electron chi connectivity index (χ0n) is 16.6. The molecule has 1 heterocycles. The number of methoxy groups -OCH3 is 1. The van der Waals surface area contributed by atoms with Crippen molar-refractivity contribution in [3.63, 3.8) is 0 Å². The van der Waals surface area contributed by atoms with Crippen molar-refractivity contribution in [1.82, 2.24) is 4.31 Å². The fraction of sp³-hybridized carbons (Fsp3) is 0.381. The Kier molecular flexibility index (Phi) is 6.82. The minimum absolute atomic E-state index is 0.0161. The zero-order chi connectivity index (χ0) is 21.0. The fourth-order valence-electron chi connectivity index (χ4n) is 3.40. The molecule has 1 amide bonds. The molecule has 8 heteroatoms. The van der Waals surface area contributed by atoms with E-state index in [4.69, 9.17) is 16.3 Å². The molecule has 0 atom stereocenters. The first kappa shape index (κ1) is 21.6. The summed E-state index contributed by atoms with van der Waals surface area (Å²) >= 11 is 5.96. The van der Waals surface area contributed by atoms with Crippen molar-refractivity contribution in [2.45, 2.75) is 37.5 Å². The van der Waals surface area contributed by atoms with Gasteiger partial charge in [0.1, 0.15) is 10.6 Å². The number of hydrogen-bond acceptors (Lipinski definition) is 4. The summed E-state index contributed by atoms with van der Waals surface area (Å²) < 4.78 is 33.3. The quantitative estimate of drug-likeness (QED) is 0.750. The average molecular weight is 437 g/mol. The molecule has 156 valence electrons. The molecule has 0 radical (unpaired) electrons. The van der Waals surface area contributed by atoms with Crippen molar-refractivity contribution in [3.8, 4) is 5.75 Å². The van der Waals surface area contributed by atoms with Gasteiger partial charge in [-0.05, 0) is 61.7 Å². The number of carbonyl (C=O) groups is 1. The molecule has 1 N–H and O–H groups in total. The minimum Gasteiger partial charge on any atom is -0.495 e. The highest BCUT2D eigenvalue weighted by Gasteiger charge is 2.29. The van der Waals surface area contributed by atoms with Crippen LogP contribution in [0.5, 0.6) is 5.75 Å². The Labute approximate surface area is 176 Å². The summed E-state index contributed by atoms with van der Waals surface area (Å²) in [5.74, 6) is -0.168. The summed E-state index contributed by atoms with van der Waals surface area (Å²) in [5.41, 5.74) is 1.68. The van der Waals surface area contributed by atoms with E-state index >= 15 is 0 Å². The monoisotopic (exact) mass is 436 g/mol. The van der Waals surface area contributed by atoms with Crippen LogP contribution >= 0.6 is 11.6 Å². The van der Waals surface area contributed by atoms with Crippen LogP contribution in [0.25, 0.3) is 0 Å². The fourth-order valence-corrected chi connectivity index (χ4v) is 5.33. The highest BCUT2D eigenvalue weighted by atomic mass is 35.5. The second kappa shape index (κ2) is 9.15. The lowest BCUT2D eigenvalue weighted by molar-refractivity contribution is 0.102. The number of carbonyl (C=O) groups excluding carboxylic acids is 1. The van der Waals surface area contributed by atoms with Gasteiger partial charge >= 0.3 is 0 Å². The summed E-state index contributed by atoms with van der Waals surface area (Å²) in [6.45, 7) is 2.79. The van der Waals surface area contributed by atoms with Gasteiger partial charge in [-0.3, -0.25) is 4.79 Å². The van der Waals surface area contributed by atoms with Crippen LogP contribution in [0.3, 0.4) is 0 Å². The van der Waals surface area contributed by atoms with Crippen molar-refractivity contribution < 1.29 is 17.9 Å². The lowest BCUT2D eigenvalue weighted by atomic mass is 10.1. The van der Waals surface area contributed by atoms with Crippen LogP contribution in [0.15, 0.2) is 41.3 Å². The van der Waals surface area contributed by atoms with Crippen molar-refractivity contribution in [3.05, 3.63) is 52.5 Å². The lowest BCUT2D eigenvalue weighted by Crippen LogP contribution is -2.32. The van der Waals surface area contributed by atoms with Crippen LogP contribution in [0.2, 0.25) is 5.02 Å². The molecule has 29 heavy (non-hydrogen) atoms. The summed E-state index contributed by atoms with van der Waals surface area (Å²) in [7, 11) is -2.34. The second-order valence-electron chi connectivity index (χ2n) is 7.10. The molecular formula is C21H25ClN2O4S. The number of nitrogens with one attached hydrogen (secondary N) is 1. The zero-order valence-corrected chi connectivity index (χ0v) is 18.1. The predicted molar refractivity (Wildman–Crippen MR) is 114 cm³/mol. The van der Waals surface area contributed by atoms with E-state index in [1.165, 1.54) is 23.5 Å². The molecule has 1 saturated heterocycles. The van der Waals surface area contributed by atoms with Crippen LogP contribution in [0.1, 0.15) is 41.6 Å². The van der Waals surface area contributed by atoms with Crippen molar-refractivity contribution >= 4 is 33.2 Å². The Balaban J connectivity index is 1.92. The Bertz CT molecular complexity index is 1000. The molecule has 0 unspecified atom stereocenters. The number of ether oxygens (including phenoxy) is 1. The van der Waals surface area contributed by atoms with Gasteiger partial charge in [-0.15, -0.1) is 0 Å². The topological polar surface area (TPSA) is 75.7 Å². The number of rotatable bonds is 5. The molecule has 0 aromatic heterocycles. The average Bonchev–Trinajstić information content (AvgIpc) is 2.99.